The van der Waals surface area contributed by atoms with Crippen LogP contribution in [0.5, 0.6) is 0 Å². The third-order valence-electron chi connectivity index (χ3n) is 2.58. The highest BCUT2D eigenvalue weighted by atomic mass is 35.5. The fourth-order valence-corrected chi connectivity index (χ4v) is 1.69. The lowest BCUT2D eigenvalue weighted by Crippen LogP contribution is -2.39. The summed E-state index contributed by atoms with van der Waals surface area (Å²) in [5.41, 5.74) is 0. The molecule has 0 saturated carbocycles. The first-order chi connectivity index (χ1) is 5.74. The minimum atomic E-state index is -0.0875. The van der Waals surface area contributed by atoms with Crippen LogP contribution < -0.4 is 5.32 Å². The van der Waals surface area contributed by atoms with Gasteiger partial charge in [0.25, 0.3) is 0 Å². The monoisotopic (exact) mass is 207 g/mol. The van der Waals surface area contributed by atoms with E-state index < -0.39 is 0 Å². The molecule has 1 fully saturated rings. The second kappa shape index (κ2) is 6.22. The van der Waals surface area contributed by atoms with Crippen molar-refractivity contribution in [3.8, 4) is 0 Å². The summed E-state index contributed by atoms with van der Waals surface area (Å²) < 4.78 is 4.63. The number of nitrogens with one attached hydrogen (secondary N) is 1. The molecule has 2 unspecified atom stereocenters. The van der Waals surface area contributed by atoms with E-state index in [0.717, 1.165) is 13.0 Å². The number of ether oxygens (including phenoxy) is 1. The maximum absolute atomic E-state index is 11.0. The number of halogens is 1. The van der Waals surface area contributed by atoms with Gasteiger partial charge in [0.05, 0.1) is 7.11 Å². The van der Waals surface area contributed by atoms with Gasteiger partial charge in [0.2, 0.25) is 0 Å². The van der Waals surface area contributed by atoms with E-state index >= 15 is 0 Å². The van der Waals surface area contributed by atoms with Crippen LogP contribution in [0.2, 0.25) is 0 Å². The maximum Gasteiger partial charge on any atom is 0.305 e. The Balaban J connectivity index is 0.00000144. The predicted molar refractivity (Wildman–Crippen MR) is 54.1 cm³/mol. The molecule has 3 nitrogen and oxygen atoms in total. The van der Waals surface area contributed by atoms with E-state index in [0.29, 0.717) is 18.4 Å². The number of esters is 1. The van der Waals surface area contributed by atoms with E-state index in [9.17, 15) is 4.79 Å². The lowest BCUT2D eigenvalue weighted by atomic mass is 9.89. The number of hydrogen-bond donors (Lipinski definition) is 1. The fraction of sp³-hybridized carbons (Fsp3) is 0.889. The molecule has 0 amide bonds. The number of hydrogen-bond acceptors (Lipinski definition) is 3. The summed E-state index contributed by atoms with van der Waals surface area (Å²) in [6.07, 6.45) is 2.87. The fourth-order valence-electron chi connectivity index (χ4n) is 1.69. The van der Waals surface area contributed by atoms with Gasteiger partial charge in [-0.2, -0.15) is 0 Å². The van der Waals surface area contributed by atoms with Gasteiger partial charge in [-0.25, -0.2) is 0 Å². The quantitative estimate of drug-likeness (QED) is 0.695. The Labute approximate surface area is 85.6 Å². The highest BCUT2D eigenvalue weighted by Crippen LogP contribution is 2.19. The van der Waals surface area contributed by atoms with Crippen molar-refractivity contribution in [2.75, 3.05) is 13.7 Å². The van der Waals surface area contributed by atoms with E-state index in [1.807, 2.05) is 0 Å². The lowest BCUT2D eigenvalue weighted by molar-refractivity contribution is -0.142. The van der Waals surface area contributed by atoms with E-state index in [1.54, 1.807) is 0 Å². The molecule has 0 aromatic heterocycles. The number of methoxy groups -OCH3 is 1. The van der Waals surface area contributed by atoms with Gasteiger partial charge in [0.1, 0.15) is 0 Å². The van der Waals surface area contributed by atoms with Gasteiger partial charge in [-0.05, 0) is 32.2 Å². The van der Waals surface area contributed by atoms with E-state index in [2.05, 4.69) is 17.0 Å². The Morgan fingerprint density at radius 2 is 2.31 bits per heavy atom. The van der Waals surface area contributed by atoms with Crippen LogP contribution in [0.1, 0.15) is 26.2 Å². The van der Waals surface area contributed by atoms with Crippen molar-refractivity contribution < 1.29 is 9.53 Å². The Morgan fingerprint density at radius 3 is 2.85 bits per heavy atom. The van der Waals surface area contributed by atoms with Crippen molar-refractivity contribution in [3.05, 3.63) is 0 Å². The first-order valence-corrected chi connectivity index (χ1v) is 4.54. The van der Waals surface area contributed by atoms with Crippen molar-refractivity contribution in [1.29, 1.82) is 0 Å². The maximum atomic E-state index is 11.0. The van der Waals surface area contributed by atoms with Crippen LogP contribution in [0, 0.1) is 5.92 Å². The molecule has 13 heavy (non-hydrogen) atoms. The average molecular weight is 208 g/mol. The molecular weight excluding hydrogens is 190 g/mol. The first kappa shape index (κ1) is 12.7. The second-order valence-electron chi connectivity index (χ2n) is 3.43. The number of rotatable bonds is 2. The standard InChI is InChI=1S/C9H17NO2.ClH/c1-7-8(4-3-5-10-7)6-9(11)12-2;/h7-8,10H,3-6H2,1-2H3;1H. The van der Waals surface area contributed by atoms with Crippen LogP contribution >= 0.6 is 12.4 Å². The topological polar surface area (TPSA) is 38.3 Å². The van der Waals surface area contributed by atoms with Crippen LogP contribution in [0.15, 0.2) is 0 Å². The predicted octanol–water partition coefficient (Wildman–Crippen LogP) is 1.36. The molecule has 0 aromatic carbocycles. The van der Waals surface area contributed by atoms with Crippen molar-refractivity contribution in [2.24, 2.45) is 5.92 Å². The van der Waals surface area contributed by atoms with Crippen molar-refractivity contribution >= 4 is 18.4 Å². The van der Waals surface area contributed by atoms with Crippen molar-refractivity contribution in [2.45, 2.75) is 32.2 Å². The molecular formula is C9H18ClNO2. The molecule has 1 heterocycles. The Bertz CT molecular complexity index is 164. The van der Waals surface area contributed by atoms with E-state index in [1.165, 1.54) is 13.5 Å². The molecule has 0 radical (unpaired) electrons. The summed E-state index contributed by atoms with van der Waals surface area (Å²) in [7, 11) is 1.45. The average Bonchev–Trinajstić information content (AvgIpc) is 2.09. The molecule has 2 atom stereocenters. The van der Waals surface area contributed by atoms with Crippen LogP contribution in [0.4, 0.5) is 0 Å². The van der Waals surface area contributed by atoms with Gasteiger partial charge in [-0.3, -0.25) is 4.79 Å². The molecule has 0 spiro atoms. The zero-order chi connectivity index (χ0) is 8.97. The Kier molecular flexibility index (Phi) is 6.08. The van der Waals surface area contributed by atoms with Crippen molar-refractivity contribution in [1.82, 2.24) is 5.32 Å². The summed E-state index contributed by atoms with van der Waals surface area (Å²) in [6, 6.07) is 0.456. The van der Waals surface area contributed by atoms with Gasteiger partial charge in [0, 0.05) is 12.5 Å². The molecule has 0 aromatic rings. The van der Waals surface area contributed by atoms with Gasteiger partial charge in [-0.15, -0.1) is 12.4 Å². The minimum Gasteiger partial charge on any atom is -0.469 e. The van der Waals surface area contributed by atoms with Gasteiger partial charge < -0.3 is 10.1 Å². The van der Waals surface area contributed by atoms with Crippen LogP contribution in [-0.4, -0.2) is 25.7 Å². The highest BCUT2D eigenvalue weighted by molar-refractivity contribution is 5.85. The lowest BCUT2D eigenvalue weighted by Gasteiger charge is -2.28. The highest BCUT2D eigenvalue weighted by Gasteiger charge is 2.23. The summed E-state index contributed by atoms with van der Waals surface area (Å²) in [6.45, 7) is 3.21. The normalized spacial score (nSPS) is 27.5. The second-order valence-corrected chi connectivity index (χ2v) is 3.43. The zero-order valence-electron chi connectivity index (χ0n) is 8.21. The molecule has 0 aliphatic carbocycles. The first-order valence-electron chi connectivity index (χ1n) is 4.54. The molecule has 4 heteroatoms. The third-order valence-corrected chi connectivity index (χ3v) is 2.58. The molecule has 78 valence electrons. The third kappa shape index (κ3) is 3.96. The number of carbonyl (C=O) groups is 1. The summed E-state index contributed by atoms with van der Waals surface area (Å²) in [4.78, 5) is 11.0. The van der Waals surface area contributed by atoms with Gasteiger partial charge in [-0.1, -0.05) is 0 Å². The van der Waals surface area contributed by atoms with Crippen LogP contribution in [0.3, 0.4) is 0 Å². The Morgan fingerprint density at radius 1 is 1.62 bits per heavy atom. The van der Waals surface area contributed by atoms with Crippen molar-refractivity contribution in [3.63, 3.8) is 0 Å². The molecule has 1 aliphatic heterocycles. The summed E-state index contributed by atoms with van der Waals surface area (Å²) in [5, 5.41) is 3.35. The van der Waals surface area contributed by atoms with Crippen LogP contribution in [-0.2, 0) is 9.53 Å². The Hall–Kier alpha value is -0.280. The van der Waals surface area contributed by atoms with Crippen LogP contribution in [0.25, 0.3) is 0 Å². The molecule has 0 bridgehead atoms. The van der Waals surface area contributed by atoms with Gasteiger partial charge in [0.15, 0.2) is 0 Å². The number of piperidine rings is 1. The molecule has 1 saturated heterocycles. The smallest absolute Gasteiger partial charge is 0.305 e. The molecule has 1 N–H and O–H groups in total. The molecule has 1 aliphatic rings. The molecule has 1 rings (SSSR count). The van der Waals surface area contributed by atoms with E-state index in [-0.39, 0.29) is 18.4 Å². The number of carbonyl (C=O) groups excluding carboxylic acids is 1. The zero-order valence-corrected chi connectivity index (χ0v) is 9.02. The largest absolute Gasteiger partial charge is 0.469 e. The minimum absolute atomic E-state index is 0. The SMILES string of the molecule is COC(=O)CC1CCCNC1C.Cl. The van der Waals surface area contributed by atoms with Gasteiger partial charge >= 0.3 is 5.97 Å². The van der Waals surface area contributed by atoms with E-state index in [4.69, 9.17) is 0 Å². The summed E-state index contributed by atoms with van der Waals surface area (Å²) in [5.74, 6) is 0.377. The summed E-state index contributed by atoms with van der Waals surface area (Å²) >= 11 is 0.